The third-order valence-electron chi connectivity index (χ3n) is 4.89. The molecule has 0 unspecified atom stereocenters. The Morgan fingerprint density at radius 1 is 1.10 bits per heavy atom. The van der Waals surface area contributed by atoms with E-state index in [1.165, 1.54) is 6.92 Å². The first-order chi connectivity index (χ1) is 14.5. The van der Waals surface area contributed by atoms with Crippen LogP contribution in [-0.4, -0.2) is 18.9 Å². The number of nitrogens with zero attached hydrogens (tertiary/aromatic N) is 1. The van der Waals surface area contributed by atoms with Crippen LogP contribution in [0.2, 0.25) is 5.02 Å². The van der Waals surface area contributed by atoms with E-state index in [9.17, 15) is 9.59 Å². The molecule has 6 nitrogen and oxygen atoms in total. The Morgan fingerprint density at radius 2 is 1.83 bits per heavy atom. The van der Waals surface area contributed by atoms with E-state index in [-0.39, 0.29) is 11.8 Å². The third-order valence-corrected chi connectivity index (χ3v) is 5.18. The van der Waals surface area contributed by atoms with Gasteiger partial charge in [-0.3, -0.25) is 14.5 Å². The van der Waals surface area contributed by atoms with Gasteiger partial charge in [-0.1, -0.05) is 35.9 Å². The summed E-state index contributed by atoms with van der Waals surface area (Å²) in [5.74, 6) is 0.258. The maximum absolute atomic E-state index is 13.4. The highest BCUT2D eigenvalue weighted by Gasteiger charge is 2.34. The van der Waals surface area contributed by atoms with Crippen molar-refractivity contribution < 1.29 is 14.3 Å². The Balaban J connectivity index is 1.78. The van der Waals surface area contributed by atoms with Crippen LogP contribution in [0.4, 0.5) is 17.1 Å². The average Bonchev–Trinajstić information content (AvgIpc) is 2.74. The number of fused-ring (bicyclic) bond motifs is 1. The maximum atomic E-state index is 13.4. The fourth-order valence-corrected chi connectivity index (χ4v) is 3.76. The molecule has 0 aromatic heterocycles. The minimum Gasteiger partial charge on any atom is -0.495 e. The summed E-state index contributed by atoms with van der Waals surface area (Å²) in [6.07, 6.45) is -0.455. The monoisotopic (exact) mass is 421 g/mol. The number of halogens is 1. The van der Waals surface area contributed by atoms with Gasteiger partial charge in [-0.05, 0) is 48.0 Å². The first kappa shape index (κ1) is 19.8. The van der Waals surface area contributed by atoms with Gasteiger partial charge < -0.3 is 15.4 Å². The number of carbonyl (C=O) groups is 2. The van der Waals surface area contributed by atoms with Crippen LogP contribution in [0.25, 0.3) is 0 Å². The Morgan fingerprint density at radius 3 is 2.50 bits per heavy atom. The van der Waals surface area contributed by atoms with Gasteiger partial charge in [0.15, 0.2) is 0 Å². The number of amides is 2. The van der Waals surface area contributed by atoms with Crippen molar-refractivity contribution in [1.29, 1.82) is 0 Å². The van der Waals surface area contributed by atoms with Crippen LogP contribution < -0.4 is 20.3 Å². The van der Waals surface area contributed by atoms with Crippen LogP contribution in [0.3, 0.4) is 0 Å². The molecule has 1 aliphatic rings. The summed E-state index contributed by atoms with van der Waals surface area (Å²) in [7, 11) is 1.55. The summed E-state index contributed by atoms with van der Waals surface area (Å²) in [5.41, 5.74) is 3.53. The van der Waals surface area contributed by atoms with E-state index < -0.39 is 6.17 Å². The molecule has 1 aliphatic heterocycles. The lowest BCUT2D eigenvalue weighted by molar-refractivity contribution is -0.114. The predicted molar refractivity (Wildman–Crippen MR) is 118 cm³/mol. The second kappa shape index (κ2) is 8.08. The number of hydrogen-bond donors (Lipinski definition) is 2. The van der Waals surface area contributed by atoms with Crippen molar-refractivity contribution in [3.63, 3.8) is 0 Å². The molecule has 30 heavy (non-hydrogen) atoms. The molecule has 3 aromatic carbocycles. The average molecular weight is 422 g/mol. The first-order valence-electron chi connectivity index (χ1n) is 9.38. The number of nitrogens with one attached hydrogen (secondary N) is 2. The minimum absolute atomic E-state index is 0.137. The maximum Gasteiger partial charge on any atom is 0.262 e. The van der Waals surface area contributed by atoms with E-state index in [1.54, 1.807) is 36.3 Å². The first-order valence-corrected chi connectivity index (χ1v) is 9.76. The predicted octanol–water partition coefficient (Wildman–Crippen LogP) is 5.08. The third kappa shape index (κ3) is 3.69. The van der Waals surface area contributed by atoms with Gasteiger partial charge in [0.1, 0.15) is 11.9 Å². The van der Waals surface area contributed by atoms with Crippen LogP contribution >= 0.6 is 11.6 Å². The summed E-state index contributed by atoms with van der Waals surface area (Å²) >= 11 is 6.34. The number of rotatable bonds is 4. The van der Waals surface area contributed by atoms with E-state index in [4.69, 9.17) is 16.3 Å². The summed E-state index contributed by atoms with van der Waals surface area (Å²) < 4.78 is 5.24. The van der Waals surface area contributed by atoms with Gasteiger partial charge in [-0.25, -0.2) is 0 Å². The topological polar surface area (TPSA) is 70.7 Å². The number of hydrogen-bond acceptors (Lipinski definition) is 4. The summed E-state index contributed by atoms with van der Waals surface area (Å²) in [6.45, 7) is 1.46. The number of anilines is 3. The van der Waals surface area contributed by atoms with Crippen molar-refractivity contribution in [3.8, 4) is 5.75 Å². The molecule has 3 aromatic rings. The SMILES string of the molecule is COc1ccc(N2C(=O)c3ccccc3N[C@@H]2c2ccc(NC(C)=O)cc2)cc1Cl. The van der Waals surface area contributed by atoms with Crippen molar-refractivity contribution in [2.45, 2.75) is 13.1 Å². The van der Waals surface area contributed by atoms with E-state index in [0.717, 1.165) is 11.3 Å². The van der Waals surface area contributed by atoms with Crippen LogP contribution in [0.1, 0.15) is 29.0 Å². The number of ether oxygens (including phenoxy) is 1. The van der Waals surface area contributed by atoms with Gasteiger partial charge >= 0.3 is 0 Å². The van der Waals surface area contributed by atoms with Crippen LogP contribution in [0.5, 0.6) is 5.75 Å². The molecule has 2 amide bonds. The molecule has 1 heterocycles. The number of benzene rings is 3. The minimum atomic E-state index is -0.455. The molecule has 2 N–H and O–H groups in total. The highest BCUT2D eigenvalue weighted by Crippen LogP contribution is 2.39. The van der Waals surface area contributed by atoms with E-state index in [2.05, 4.69) is 10.6 Å². The Bertz CT molecular complexity index is 1110. The lowest BCUT2D eigenvalue weighted by atomic mass is 10.0. The highest BCUT2D eigenvalue weighted by molar-refractivity contribution is 6.32. The fourth-order valence-electron chi connectivity index (χ4n) is 3.51. The zero-order chi connectivity index (χ0) is 21.3. The number of carbonyl (C=O) groups excluding carboxylic acids is 2. The standard InChI is InChI=1S/C23H20ClN3O3/c1-14(28)25-16-9-7-15(8-10-16)22-26-20-6-4-3-5-18(20)23(29)27(22)17-11-12-21(30-2)19(24)13-17/h3-13,22,26H,1-2H3,(H,25,28)/t22-/m0/s1. The zero-order valence-corrected chi connectivity index (χ0v) is 17.2. The molecule has 152 valence electrons. The second-order valence-corrected chi connectivity index (χ2v) is 7.30. The molecule has 1 atom stereocenters. The van der Waals surface area contributed by atoms with Gasteiger partial charge in [0.25, 0.3) is 5.91 Å². The molecule has 4 rings (SSSR count). The van der Waals surface area contributed by atoms with Crippen LogP contribution in [0, 0.1) is 0 Å². The Labute approximate surface area is 179 Å². The zero-order valence-electron chi connectivity index (χ0n) is 16.5. The van der Waals surface area contributed by atoms with Crippen LogP contribution in [-0.2, 0) is 4.79 Å². The molecule has 0 saturated carbocycles. The largest absolute Gasteiger partial charge is 0.495 e. The summed E-state index contributed by atoms with van der Waals surface area (Å²) in [4.78, 5) is 26.4. The molecule has 0 fully saturated rings. The van der Waals surface area contributed by atoms with Crippen LogP contribution in [0.15, 0.2) is 66.7 Å². The number of methoxy groups -OCH3 is 1. The lowest BCUT2D eigenvalue weighted by Crippen LogP contribution is -2.43. The van der Waals surface area contributed by atoms with Crippen molar-refractivity contribution in [3.05, 3.63) is 82.9 Å². The van der Waals surface area contributed by atoms with Crippen molar-refractivity contribution in [2.75, 3.05) is 22.6 Å². The van der Waals surface area contributed by atoms with E-state index >= 15 is 0 Å². The van der Waals surface area contributed by atoms with Crippen molar-refractivity contribution >= 4 is 40.5 Å². The van der Waals surface area contributed by atoms with Gasteiger partial charge in [0.05, 0.1) is 17.7 Å². The highest BCUT2D eigenvalue weighted by atomic mass is 35.5. The molecule has 0 radical (unpaired) electrons. The molecule has 0 bridgehead atoms. The molecule has 0 aliphatic carbocycles. The summed E-state index contributed by atoms with van der Waals surface area (Å²) in [5, 5.41) is 6.61. The van der Waals surface area contributed by atoms with E-state index in [0.29, 0.717) is 27.7 Å². The fraction of sp³-hybridized carbons (Fsp3) is 0.130. The Kier molecular flexibility index (Phi) is 5.33. The second-order valence-electron chi connectivity index (χ2n) is 6.89. The molecular weight excluding hydrogens is 402 g/mol. The van der Waals surface area contributed by atoms with Gasteiger partial charge in [-0.2, -0.15) is 0 Å². The van der Waals surface area contributed by atoms with Crippen molar-refractivity contribution in [1.82, 2.24) is 0 Å². The van der Waals surface area contributed by atoms with Gasteiger partial charge in [0, 0.05) is 24.0 Å². The molecule has 7 heteroatoms. The van der Waals surface area contributed by atoms with Gasteiger partial charge in [0.2, 0.25) is 5.91 Å². The number of para-hydroxylation sites is 1. The smallest absolute Gasteiger partial charge is 0.262 e. The van der Waals surface area contributed by atoms with Crippen molar-refractivity contribution in [2.24, 2.45) is 0 Å². The lowest BCUT2D eigenvalue weighted by Gasteiger charge is -2.38. The molecule has 0 saturated heterocycles. The normalized spacial score (nSPS) is 15.2. The quantitative estimate of drug-likeness (QED) is 0.616. The van der Waals surface area contributed by atoms with Gasteiger partial charge in [-0.15, -0.1) is 0 Å². The summed E-state index contributed by atoms with van der Waals surface area (Å²) in [6, 6.07) is 20.0. The molecule has 0 spiro atoms. The molecular formula is C23H20ClN3O3. The Hall–Kier alpha value is -3.51. The van der Waals surface area contributed by atoms with E-state index in [1.807, 2.05) is 42.5 Å².